The average molecular weight is 325 g/mol. The lowest BCUT2D eigenvalue weighted by Crippen LogP contribution is -2.46. The van der Waals surface area contributed by atoms with Gasteiger partial charge < -0.3 is 4.74 Å². The van der Waals surface area contributed by atoms with E-state index in [1.807, 2.05) is 0 Å². The van der Waals surface area contributed by atoms with E-state index in [0.29, 0.717) is 11.3 Å². The molecule has 7 unspecified atom stereocenters. The molecular formula is C22H31NO. The maximum absolute atomic E-state index is 9.83. The zero-order chi connectivity index (χ0) is 16.9. The Kier molecular flexibility index (Phi) is 4.02. The fourth-order valence-electron chi connectivity index (χ4n) is 7.15. The van der Waals surface area contributed by atoms with Gasteiger partial charge in [0.05, 0.1) is 24.9 Å². The SMILES string of the molecule is CCC12CCC3C4CCC(OC)=CC4=CCC3C1CC(C)C2C#N. The lowest BCUT2D eigenvalue weighted by Gasteiger charge is -2.53. The highest BCUT2D eigenvalue weighted by Gasteiger charge is 2.59. The van der Waals surface area contributed by atoms with Gasteiger partial charge in [0.25, 0.3) is 0 Å². The van der Waals surface area contributed by atoms with E-state index in [4.69, 9.17) is 4.74 Å². The highest BCUT2D eigenvalue weighted by molar-refractivity contribution is 5.31. The fourth-order valence-corrected chi connectivity index (χ4v) is 7.15. The number of fused-ring (bicyclic) bond motifs is 5. The Balaban J connectivity index is 1.66. The lowest BCUT2D eigenvalue weighted by molar-refractivity contribution is -0.0151. The van der Waals surface area contributed by atoms with Gasteiger partial charge in [0.2, 0.25) is 0 Å². The maximum atomic E-state index is 9.83. The normalized spacial score (nSPS) is 46.8. The van der Waals surface area contributed by atoms with Crippen molar-refractivity contribution in [1.82, 2.24) is 0 Å². The maximum Gasteiger partial charge on any atom is 0.0958 e. The first-order valence-corrected chi connectivity index (χ1v) is 9.98. The molecule has 2 fully saturated rings. The summed E-state index contributed by atoms with van der Waals surface area (Å²) in [6.45, 7) is 4.67. The van der Waals surface area contributed by atoms with E-state index in [1.165, 1.54) is 38.5 Å². The molecule has 4 aliphatic rings. The molecule has 24 heavy (non-hydrogen) atoms. The first-order valence-electron chi connectivity index (χ1n) is 9.98. The Labute approximate surface area is 147 Å². The molecule has 0 aromatic heterocycles. The van der Waals surface area contributed by atoms with Crippen molar-refractivity contribution < 1.29 is 4.74 Å². The molecule has 7 atom stereocenters. The monoisotopic (exact) mass is 325 g/mol. The van der Waals surface area contributed by atoms with E-state index >= 15 is 0 Å². The topological polar surface area (TPSA) is 33.0 Å². The highest BCUT2D eigenvalue weighted by atomic mass is 16.5. The minimum atomic E-state index is 0.283. The van der Waals surface area contributed by atoms with Crippen molar-refractivity contribution >= 4 is 0 Å². The third-order valence-electron chi connectivity index (χ3n) is 8.22. The van der Waals surface area contributed by atoms with E-state index in [1.54, 1.807) is 12.7 Å². The summed E-state index contributed by atoms with van der Waals surface area (Å²) in [5, 5.41) is 9.83. The molecule has 4 rings (SSSR count). The molecule has 2 nitrogen and oxygen atoms in total. The summed E-state index contributed by atoms with van der Waals surface area (Å²) in [7, 11) is 1.80. The predicted octanol–water partition coefficient (Wildman–Crippen LogP) is 5.48. The van der Waals surface area contributed by atoms with Crippen LogP contribution in [0.1, 0.15) is 58.8 Å². The Hall–Kier alpha value is -1.23. The van der Waals surface area contributed by atoms with Crippen LogP contribution in [0.25, 0.3) is 0 Å². The molecule has 2 heteroatoms. The van der Waals surface area contributed by atoms with Crippen molar-refractivity contribution in [3.05, 3.63) is 23.5 Å². The van der Waals surface area contributed by atoms with Crippen molar-refractivity contribution in [2.45, 2.75) is 58.8 Å². The zero-order valence-corrected chi connectivity index (χ0v) is 15.4. The van der Waals surface area contributed by atoms with Crippen molar-refractivity contribution in [2.75, 3.05) is 7.11 Å². The molecule has 0 spiro atoms. The summed E-state index contributed by atoms with van der Waals surface area (Å²) < 4.78 is 5.51. The first-order chi connectivity index (χ1) is 11.6. The number of rotatable bonds is 2. The molecule has 0 radical (unpaired) electrons. The quantitative estimate of drug-likeness (QED) is 0.674. The van der Waals surface area contributed by atoms with Gasteiger partial charge >= 0.3 is 0 Å². The molecule has 0 saturated heterocycles. The summed E-state index contributed by atoms with van der Waals surface area (Å²) in [6, 6.07) is 2.73. The number of allylic oxidation sites excluding steroid dienone is 4. The van der Waals surface area contributed by atoms with E-state index in [0.717, 1.165) is 35.9 Å². The van der Waals surface area contributed by atoms with Gasteiger partial charge in [-0.2, -0.15) is 5.26 Å². The molecule has 130 valence electrons. The van der Waals surface area contributed by atoms with Gasteiger partial charge in [0, 0.05) is 6.42 Å². The fraction of sp³-hybridized carbons (Fsp3) is 0.773. The number of ether oxygens (including phenoxy) is 1. The third-order valence-corrected chi connectivity index (χ3v) is 8.22. The van der Waals surface area contributed by atoms with Gasteiger partial charge in [-0.3, -0.25) is 0 Å². The smallest absolute Gasteiger partial charge is 0.0958 e. The van der Waals surface area contributed by atoms with Crippen LogP contribution >= 0.6 is 0 Å². The molecule has 0 heterocycles. The van der Waals surface area contributed by atoms with Crippen LogP contribution in [0.15, 0.2) is 23.5 Å². The van der Waals surface area contributed by atoms with Crippen molar-refractivity contribution in [3.8, 4) is 6.07 Å². The van der Waals surface area contributed by atoms with E-state index in [-0.39, 0.29) is 5.92 Å². The molecule has 0 aliphatic heterocycles. The summed E-state index contributed by atoms with van der Waals surface area (Å²) in [5.41, 5.74) is 1.86. The predicted molar refractivity (Wildman–Crippen MR) is 95.8 cm³/mol. The highest BCUT2D eigenvalue weighted by Crippen LogP contribution is 2.65. The number of hydrogen-bond acceptors (Lipinski definition) is 2. The van der Waals surface area contributed by atoms with Gasteiger partial charge in [-0.05, 0) is 85.2 Å². The molecular weight excluding hydrogens is 294 g/mol. The van der Waals surface area contributed by atoms with Crippen molar-refractivity contribution in [1.29, 1.82) is 5.26 Å². The molecule has 0 aromatic rings. The van der Waals surface area contributed by atoms with E-state index in [2.05, 4.69) is 32.1 Å². The van der Waals surface area contributed by atoms with Crippen LogP contribution in [0.4, 0.5) is 0 Å². The minimum absolute atomic E-state index is 0.283. The minimum Gasteiger partial charge on any atom is -0.501 e. The van der Waals surface area contributed by atoms with Crippen LogP contribution < -0.4 is 0 Å². The molecule has 2 saturated carbocycles. The van der Waals surface area contributed by atoms with Crippen molar-refractivity contribution in [2.24, 2.45) is 40.9 Å². The Morgan fingerprint density at radius 2 is 2.17 bits per heavy atom. The summed E-state index contributed by atoms with van der Waals surface area (Å²) in [6.07, 6.45) is 13.5. The number of nitrogens with zero attached hydrogens (tertiary/aromatic N) is 1. The first kappa shape index (κ1) is 16.2. The molecule has 0 amide bonds. The van der Waals surface area contributed by atoms with Gasteiger partial charge in [-0.25, -0.2) is 0 Å². The molecule has 4 aliphatic carbocycles. The molecule has 0 aromatic carbocycles. The second-order valence-corrected chi connectivity index (χ2v) is 8.78. The van der Waals surface area contributed by atoms with Crippen molar-refractivity contribution in [3.63, 3.8) is 0 Å². The standard InChI is InChI=1S/C22H31NO/c1-4-22-10-9-18-17-8-6-16(24-3)12-15(17)5-7-19(18)20(22)11-14(2)21(22)13-23/h5,12,14,17-21H,4,6-11H2,1-3H3. The van der Waals surface area contributed by atoms with Gasteiger partial charge in [0.15, 0.2) is 0 Å². The van der Waals surface area contributed by atoms with Crippen LogP contribution in [0.5, 0.6) is 0 Å². The van der Waals surface area contributed by atoms with Gasteiger partial charge in [0.1, 0.15) is 0 Å². The third kappa shape index (κ3) is 2.13. The number of nitriles is 1. The Morgan fingerprint density at radius 3 is 2.88 bits per heavy atom. The van der Waals surface area contributed by atoms with Crippen LogP contribution in [-0.4, -0.2) is 7.11 Å². The van der Waals surface area contributed by atoms with Crippen LogP contribution in [0.3, 0.4) is 0 Å². The van der Waals surface area contributed by atoms with E-state index in [9.17, 15) is 5.26 Å². The number of methoxy groups -OCH3 is 1. The molecule has 0 bridgehead atoms. The Bertz CT molecular complexity index is 612. The lowest BCUT2D eigenvalue weighted by atomic mass is 9.51. The average Bonchev–Trinajstić information content (AvgIpc) is 2.92. The summed E-state index contributed by atoms with van der Waals surface area (Å²) in [5.74, 6) is 5.19. The van der Waals surface area contributed by atoms with E-state index < -0.39 is 0 Å². The van der Waals surface area contributed by atoms with Crippen LogP contribution in [0.2, 0.25) is 0 Å². The summed E-state index contributed by atoms with van der Waals surface area (Å²) >= 11 is 0. The summed E-state index contributed by atoms with van der Waals surface area (Å²) in [4.78, 5) is 0. The van der Waals surface area contributed by atoms with Gasteiger partial charge in [-0.1, -0.05) is 19.9 Å². The van der Waals surface area contributed by atoms with Crippen LogP contribution in [-0.2, 0) is 4.74 Å². The second-order valence-electron chi connectivity index (χ2n) is 8.78. The molecule has 0 N–H and O–H groups in total. The van der Waals surface area contributed by atoms with Crippen LogP contribution in [0, 0.1) is 52.3 Å². The second kappa shape index (κ2) is 5.94. The Morgan fingerprint density at radius 1 is 1.33 bits per heavy atom. The largest absolute Gasteiger partial charge is 0.501 e. The number of hydrogen-bond donors (Lipinski definition) is 0. The van der Waals surface area contributed by atoms with Gasteiger partial charge in [-0.15, -0.1) is 0 Å². The zero-order valence-electron chi connectivity index (χ0n) is 15.4.